The van der Waals surface area contributed by atoms with Gasteiger partial charge in [0.2, 0.25) is 5.91 Å². The van der Waals surface area contributed by atoms with Crippen LogP contribution in [0, 0.1) is 5.92 Å². The number of fused-ring (bicyclic) bond motifs is 1. The second-order valence-electron chi connectivity index (χ2n) is 8.21. The van der Waals surface area contributed by atoms with Gasteiger partial charge in [-0.05, 0) is 60.7 Å². The van der Waals surface area contributed by atoms with Crippen LogP contribution in [-0.2, 0) is 16.1 Å². The molecule has 8 heteroatoms. The van der Waals surface area contributed by atoms with Gasteiger partial charge in [0, 0.05) is 28.8 Å². The zero-order valence-corrected chi connectivity index (χ0v) is 20.2. The van der Waals surface area contributed by atoms with Gasteiger partial charge < -0.3 is 20.1 Å². The molecule has 2 amide bonds. The predicted octanol–water partition coefficient (Wildman–Crippen LogP) is 4.41. The minimum absolute atomic E-state index is 0.00918. The number of ether oxygens (including phenoxy) is 2. The molecule has 2 aromatic rings. The average molecular weight is 487 g/mol. The quantitative estimate of drug-likeness (QED) is 0.591. The van der Waals surface area contributed by atoms with E-state index in [4.69, 9.17) is 21.1 Å². The first-order valence-electron chi connectivity index (χ1n) is 10.9. The second kappa shape index (κ2) is 10.5. The third kappa shape index (κ3) is 5.65. The van der Waals surface area contributed by atoms with Crippen molar-refractivity contribution in [3.05, 3.63) is 63.5 Å². The summed E-state index contributed by atoms with van der Waals surface area (Å²) >= 11 is 7.52. The number of hydrogen-bond donors (Lipinski definition) is 2. The Morgan fingerprint density at radius 3 is 2.64 bits per heavy atom. The maximum atomic E-state index is 12.8. The molecule has 6 nitrogen and oxygen atoms in total. The van der Waals surface area contributed by atoms with E-state index in [2.05, 4.69) is 10.6 Å². The minimum atomic E-state index is -0.101. The van der Waals surface area contributed by atoms with Crippen molar-refractivity contribution < 1.29 is 19.1 Å². The Hall–Kier alpha value is -2.64. The fraction of sp³-hybridized carbons (Fsp3) is 0.360. The van der Waals surface area contributed by atoms with E-state index < -0.39 is 0 Å². The van der Waals surface area contributed by atoms with E-state index in [1.165, 1.54) is 0 Å². The topological polar surface area (TPSA) is 76.7 Å². The van der Waals surface area contributed by atoms with Gasteiger partial charge in [-0.3, -0.25) is 9.59 Å². The zero-order valence-electron chi connectivity index (χ0n) is 18.6. The van der Waals surface area contributed by atoms with Gasteiger partial charge in [-0.1, -0.05) is 29.8 Å². The summed E-state index contributed by atoms with van der Waals surface area (Å²) < 4.78 is 10.6. The van der Waals surface area contributed by atoms with Crippen LogP contribution in [0.2, 0.25) is 5.02 Å². The van der Waals surface area contributed by atoms with Gasteiger partial charge in [-0.25, -0.2) is 0 Å². The molecule has 1 heterocycles. The van der Waals surface area contributed by atoms with Gasteiger partial charge in [0.25, 0.3) is 5.91 Å². The largest absolute Gasteiger partial charge is 0.493 e. The molecule has 174 valence electrons. The molecule has 1 saturated heterocycles. The smallest absolute Gasteiger partial charge is 0.257 e. The molecular formula is C25H27ClN2O4S. The van der Waals surface area contributed by atoms with Crippen molar-refractivity contribution in [3.8, 4) is 11.5 Å². The summed E-state index contributed by atoms with van der Waals surface area (Å²) in [5, 5.41) is 7.08. The third-order valence-corrected chi connectivity index (χ3v) is 7.74. The number of methoxy groups -OCH3 is 2. The highest BCUT2D eigenvalue weighted by molar-refractivity contribution is 8.04. The molecule has 1 aliphatic carbocycles. The van der Waals surface area contributed by atoms with Crippen LogP contribution in [0.25, 0.3) is 6.08 Å². The molecule has 2 aliphatic rings. The molecule has 3 atom stereocenters. The van der Waals surface area contributed by atoms with Crippen LogP contribution >= 0.6 is 23.4 Å². The Bertz CT molecular complexity index is 1060. The first-order valence-corrected chi connectivity index (χ1v) is 12.2. The lowest BCUT2D eigenvalue weighted by atomic mass is 9.84. The summed E-state index contributed by atoms with van der Waals surface area (Å²) in [6.45, 7) is 0.472. The van der Waals surface area contributed by atoms with Crippen molar-refractivity contribution in [1.29, 1.82) is 0 Å². The maximum absolute atomic E-state index is 12.8. The number of thioether (sulfide) groups is 1. The number of halogens is 1. The zero-order chi connectivity index (χ0) is 23.4. The second-order valence-corrected chi connectivity index (χ2v) is 9.93. The van der Waals surface area contributed by atoms with Crippen LogP contribution in [0.5, 0.6) is 11.5 Å². The molecule has 3 unspecified atom stereocenters. The van der Waals surface area contributed by atoms with Crippen molar-refractivity contribution in [2.75, 3.05) is 14.2 Å². The molecule has 2 fully saturated rings. The number of amides is 2. The molecular weight excluding hydrogens is 460 g/mol. The predicted molar refractivity (Wildman–Crippen MR) is 131 cm³/mol. The lowest BCUT2D eigenvalue weighted by Gasteiger charge is -2.39. The third-order valence-electron chi connectivity index (χ3n) is 6.06. The molecule has 0 bridgehead atoms. The summed E-state index contributed by atoms with van der Waals surface area (Å²) in [6, 6.07) is 13.0. The highest BCUT2D eigenvalue weighted by Crippen LogP contribution is 2.40. The lowest BCUT2D eigenvalue weighted by Crippen LogP contribution is -2.51. The molecule has 0 spiro atoms. The molecule has 1 saturated carbocycles. The monoisotopic (exact) mass is 486 g/mol. The van der Waals surface area contributed by atoms with Crippen LogP contribution in [0.1, 0.15) is 30.4 Å². The normalized spacial score (nSPS) is 23.4. The molecule has 2 N–H and O–H groups in total. The maximum Gasteiger partial charge on any atom is 0.257 e. The fourth-order valence-electron chi connectivity index (χ4n) is 4.26. The first kappa shape index (κ1) is 23.5. The van der Waals surface area contributed by atoms with Crippen LogP contribution in [0.4, 0.5) is 0 Å². The van der Waals surface area contributed by atoms with E-state index in [1.54, 1.807) is 26.0 Å². The van der Waals surface area contributed by atoms with Crippen molar-refractivity contribution in [3.63, 3.8) is 0 Å². The molecule has 0 radical (unpaired) electrons. The molecule has 1 aliphatic heterocycles. The SMILES string of the molecule is COc1ccc(/C=C2/SC3CCC(C(=O)NCc4ccc(Cl)cc4)CC3NC2=O)cc1OC. The minimum Gasteiger partial charge on any atom is -0.493 e. The van der Waals surface area contributed by atoms with E-state index in [0.717, 1.165) is 24.0 Å². The Labute approximate surface area is 203 Å². The molecule has 2 aromatic carbocycles. The Kier molecular flexibility index (Phi) is 7.50. The van der Waals surface area contributed by atoms with Crippen molar-refractivity contribution in [1.82, 2.24) is 10.6 Å². The van der Waals surface area contributed by atoms with E-state index in [1.807, 2.05) is 48.5 Å². The molecule has 0 aromatic heterocycles. The average Bonchev–Trinajstić information content (AvgIpc) is 2.83. The van der Waals surface area contributed by atoms with Crippen molar-refractivity contribution in [2.24, 2.45) is 5.92 Å². The lowest BCUT2D eigenvalue weighted by molar-refractivity contribution is -0.127. The summed E-state index contributed by atoms with van der Waals surface area (Å²) in [5.41, 5.74) is 1.88. The van der Waals surface area contributed by atoms with Crippen LogP contribution in [0.3, 0.4) is 0 Å². The number of nitrogens with one attached hydrogen (secondary N) is 2. The van der Waals surface area contributed by atoms with Gasteiger partial charge in [0.15, 0.2) is 11.5 Å². The summed E-state index contributed by atoms with van der Waals surface area (Å²) in [6.07, 6.45) is 4.21. The molecule has 4 rings (SSSR count). The van der Waals surface area contributed by atoms with Crippen LogP contribution in [-0.4, -0.2) is 37.3 Å². The fourth-order valence-corrected chi connectivity index (χ4v) is 5.68. The van der Waals surface area contributed by atoms with Gasteiger partial charge in [0.1, 0.15) is 0 Å². The van der Waals surface area contributed by atoms with Gasteiger partial charge in [-0.2, -0.15) is 0 Å². The number of carbonyl (C=O) groups excluding carboxylic acids is 2. The van der Waals surface area contributed by atoms with Crippen LogP contribution < -0.4 is 20.1 Å². The summed E-state index contributed by atoms with van der Waals surface area (Å²) in [5.74, 6) is 1.10. The first-order chi connectivity index (χ1) is 16.0. The van der Waals surface area contributed by atoms with E-state index in [-0.39, 0.29) is 29.0 Å². The van der Waals surface area contributed by atoms with E-state index in [0.29, 0.717) is 34.4 Å². The highest BCUT2D eigenvalue weighted by atomic mass is 35.5. The van der Waals surface area contributed by atoms with Gasteiger partial charge in [0.05, 0.1) is 19.1 Å². The summed E-state index contributed by atoms with van der Waals surface area (Å²) in [4.78, 5) is 26.2. The number of hydrogen-bond acceptors (Lipinski definition) is 5. The van der Waals surface area contributed by atoms with E-state index in [9.17, 15) is 9.59 Å². The van der Waals surface area contributed by atoms with Gasteiger partial charge >= 0.3 is 0 Å². The van der Waals surface area contributed by atoms with E-state index >= 15 is 0 Å². The Balaban J connectivity index is 1.36. The summed E-state index contributed by atoms with van der Waals surface area (Å²) in [7, 11) is 3.18. The molecule has 33 heavy (non-hydrogen) atoms. The Morgan fingerprint density at radius 2 is 1.91 bits per heavy atom. The standard InChI is InChI=1S/C25H27ClN2O4S/c1-31-20-9-5-16(11-21(20)32-2)12-23-25(30)28-19-13-17(6-10-22(19)33-23)24(29)27-14-15-3-7-18(26)8-4-15/h3-5,7-9,11-12,17,19,22H,6,10,13-14H2,1-2H3,(H,27,29)(H,28,30)/b23-12+. The number of benzene rings is 2. The number of rotatable bonds is 6. The van der Waals surface area contributed by atoms with Crippen LogP contribution in [0.15, 0.2) is 47.4 Å². The Morgan fingerprint density at radius 1 is 1.15 bits per heavy atom. The van der Waals surface area contributed by atoms with Gasteiger partial charge in [-0.15, -0.1) is 11.8 Å². The number of carbonyl (C=O) groups is 2. The van der Waals surface area contributed by atoms with Crippen molar-refractivity contribution in [2.45, 2.75) is 37.1 Å². The van der Waals surface area contributed by atoms with Crippen molar-refractivity contribution >= 4 is 41.3 Å². The highest BCUT2D eigenvalue weighted by Gasteiger charge is 2.39.